The fourth-order valence-electron chi connectivity index (χ4n) is 3.10. The predicted octanol–water partition coefficient (Wildman–Crippen LogP) is 2.61. The summed E-state index contributed by atoms with van der Waals surface area (Å²) >= 11 is 0. The van der Waals surface area contributed by atoms with E-state index in [4.69, 9.17) is 4.42 Å². The number of hydrogen-bond donors (Lipinski definition) is 2. The molecule has 132 valence electrons. The average molecular weight is 341 g/mol. The number of piperidine rings is 1. The SMILES string of the molecule is O=C(c1ccco1)N1CCC(Nc2cc(NCC3CC3)ncn2)CC1. The van der Waals surface area contributed by atoms with E-state index in [1.807, 2.05) is 11.0 Å². The maximum Gasteiger partial charge on any atom is 0.289 e. The first-order valence-electron chi connectivity index (χ1n) is 8.93. The summed E-state index contributed by atoms with van der Waals surface area (Å²) in [7, 11) is 0. The minimum absolute atomic E-state index is 0.0305. The Labute approximate surface area is 146 Å². The van der Waals surface area contributed by atoms with Crippen LogP contribution in [0.25, 0.3) is 0 Å². The van der Waals surface area contributed by atoms with Crippen LogP contribution in [0, 0.1) is 5.92 Å². The number of anilines is 2. The largest absolute Gasteiger partial charge is 0.459 e. The molecule has 0 unspecified atom stereocenters. The Balaban J connectivity index is 1.28. The van der Waals surface area contributed by atoms with Crippen molar-refractivity contribution < 1.29 is 9.21 Å². The smallest absolute Gasteiger partial charge is 0.289 e. The first-order chi connectivity index (χ1) is 12.3. The van der Waals surface area contributed by atoms with Crippen molar-refractivity contribution in [3.05, 3.63) is 36.5 Å². The van der Waals surface area contributed by atoms with Crippen molar-refractivity contribution in [1.82, 2.24) is 14.9 Å². The van der Waals surface area contributed by atoms with Gasteiger partial charge in [-0.1, -0.05) is 0 Å². The van der Waals surface area contributed by atoms with Crippen LogP contribution >= 0.6 is 0 Å². The summed E-state index contributed by atoms with van der Waals surface area (Å²) in [6.45, 7) is 2.42. The number of rotatable bonds is 6. The Hall–Kier alpha value is -2.57. The molecule has 4 rings (SSSR count). The lowest BCUT2D eigenvalue weighted by molar-refractivity contribution is 0.0686. The predicted molar refractivity (Wildman–Crippen MR) is 94.5 cm³/mol. The molecule has 1 amide bonds. The quantitative estimate of drug-likeness (QED) is 0.840. The second kappa shape index (κ2) is 7.13. The van der Waals surface area contributed by atoms with E-state index in [0.29, 0.717) is 11.8 Å². The standard InChI is InChI=1S/C18H23N5O2/c24-18(15-2-1-9-25-15)23-7-5-14(6-8-23)22-17-10-16(20-12-21-17)19-11-13-3-4-13/h1-2,9-10,12-14H,3-8,11H2,(H2,19,20,21,22). The van der Waals surface area contributed by atoms with Gasteiger partial charge in [-0.05, 0) is 43.7 Å². The molecule has 25 heavy (non-hydrogen) atoms. The molecule has 7 nitrogen and oxygen atoms in total. The van der Waals surface area contributed by atoms with Gasteiger partial charge in [-0.15, -0.1) is 0 Å². The van der Waals surface area contributed by atoms with Crippen LogP contribution in [0.4, 0.5) is 11.6 Å². The average Bonchev–Trinajstić information content (AvgIpc) is 3.31. The van der Waals surface area contributed by atoms with E-state index < -0.39 is 0 Å². The Morgan fingerprint density at radius 2 is 2.00 bits per heavy atom. The van der Waals surface area contributed by atoms with Crippen LogP contribution in [0.3, 0.4) is 0 Å². The summed E-state index contributed by atoms with van der Waals surface area (Å²) in [6.07, 6.45) is 7.54. The highest BCUT2D eigenvalue weighted by atomic mass is 16.3. The molecule has 3 heterocycles. The van der Waals surface area contributed by atoms with Gasteiger partial charge in [0.2, 0.25) is 0 Å². The summed E-state index contributed by atoms with van der Waals surface area (Å²) in [5.41, 5.74) is 0. The van der Waals surface area contributed by atoms with Crippen LogP contribution in [-0.2, 0) is 0 Å². The number of likely N-dealkylation sites (tertiary alicyclic amines) is 1. The van der Waals surface area contributed by atoms with Crippen molar-refractivity contribution in [2.75, 3.05) is 30.3 Å². The second-order valence-electron chi connectivity index (χ2n) is 6.80. The Morgan fingerprint density at radius 3 is 2.72 bits per heavy atom. The maximum absolute atomic E-state index is 12.3. The highest BCUT2D eigenvalue weighted by Crippen LogP contribution is 2.28. The Kier molecular flexibility index (Phi) is 4.54. The summed E-state index contributed by atoms with van der Waals surface area (Å²) < 4.78 is 5.20. The van der Waals surface area contributed by atoms with E-state index in [0.717, 1.165) is 50.0 Å². The zero-order valence-corrected chi connectivity index (χ0v) is 14.1. The zero-order chi connectivity index (χ0) is 17.1. The number of hydrogen-bond acceptors (Lipinski definition) is 6. The topological polar surface area (TPSA) is 83.3 Å². The molecule has 0 radical (unpaired) electrons. The molecule has 7 heteroatoms. The number of nitrogens with one attached hydrogen (secondary N) is 2. The van der Waals surface area contributed by atoms with E-state index in [-0.39, 0.29) is 5.91 Å². The van der Waals surface area contributed by atoms with Crippen molar-refractivity contribution in [3.8, 4) is 0 Å². The molecule has 2 aliphatic rings. The Morgan fingerprint density at radius 1 is 1.20 bits per heavy atom. The molecule has 0 atom stereocenters. The van der Waals surface area contributed by atoms with Gasteiger partial charge < -0.3 is 20.0 Å². The lowest BCUT2D eigenvalue weighted by Gasteiger charge is -2.32. The number of aromatic nitrogens is 2. The number of carbonyl (C=O) groups excluding carboxylic acids is 1. The van der Waals surface area contributed by atoms with Gasteiger partial charge in [0.1, 0.15) is 18.0 Å². The van der Waals surface area contributed by atoms with Crippen LogP contribution in [0.1, 0.15) is 36.2 Å². The van der Waals surface area contributed by atoms with E-state index in [9.17, 15) is 4.79 Å². The first-order valence-corrected chi connectivity index (χ1v) is 8.93. The molecule has 2 fully saturated rings. The molecule has 2 N–H and O–H groups in total. The molecule has 0 spiro atoms. The number of furan rings is 1. The number of nitrogens with zero attached hydrogens (tertiary/aromatic N) is 3. The van der Waals surface area contributed by atoms with Crippen LogP contribution < -0.4 is 10.6 Å². The fourth-order valence-corrected chi connectivity index (χ4v) is 3.10. The van der Waals surface area contributed by atoms with Crippen LogP contribution in [-0.4, -0.2) is 46.5 Å². The molecule has 1 aliphatic carbocycles. The molecule has 1 aliphatic heterocycles. The molecule has 0 bridgehead atoms. The molecule has 1 saturated heterocycles. The van der Waals surface area contributed by atoms with Crippen LogP contribution in [0.5, 0.6) is 0 Å². The summed E-state index contributed by atoms with van der Waals surface area (Å²) in [5, 5.41) is 6.83. The third kappa shape index (κ3) is 4.10. The summed E-state index contributed by atoms with van der Waals surface area (Å²) in [4.78, 5) is 22.7. The highest BCUT2D eigenvalue weighted by molar-refractivity contribution is 5.91. The van der Waals surface area contributed by atoms with E-state index in [1.54, 1.807) is 18.5 Å². The third-order valence-corrected chi connectivity index (χ3v) is 4.80. The molecule has 0 aromatic carbocycles. The number of amides is 1. The molecule has 1 saturated carbocycles. The van der Waals surface area contributed by atoms with E-state index >= 15 is 0 Å². The Bertz CT molecular complexity index is 706. The van der Waals surface area contributed by atoms with Crippen molar-refractivity contribution in [2.24, 2.45) is 5.92 Å². The lowest BCUT2D eigenvalue weighted by atomic mass is 10.0. The normalized spacial score (nSPS) is 18.2. The maximum atomic E-state index is 12.3. The molecular weight excluding hydrogens is 318 g/mol. The summed E-state index contributed by atoms with van der Waals surface area (Å²) in [6, 6.07) is 5.73. The fraction of sp³-hybridized carbons (Fsp3) is 0.500. The van der Waals surface area contributed by atoms with Gasteiger partial charge in [-0.3, -0.25) is 4.79 Å². The van der Waals surface area contributed by atoms with Crippen molar-refractivity contribution in [2.45, 2.75) is 31.7 Å². The van der Waals surface area contributed by atoms with Gasteiger partial charge in [0.05, 0.1) is 6.26 Å². The number of carbonyl (C=O) groups is 1. The van der Waals surface area contributed by atoms with Crippen LogP contribution in [0.2, 0.25) is 0 Å². The van der Waals surface area contributed by atoms with Gasteiger partial charge >= 0.3 is 0 Å². The second-order valence-corrected chi connectivity index (χ2v) is 6.80. The van der Waals surface area contributed by atoms with Gasteiger partial charge in [0, 0.05) is 31.7 Å². The van der Waals surface area contributed by atoms with Crippen LogP contribution in [0.15, 0.2) is 35.2 Å². The molecular formula is C18H23N5O2. The zero-order valence-electron chi connectivity index (χ0n) is 14.1. The van der Waals surface area contributed by atoms with Crippen molar-refractivity contribution >= 4 is 17.5 Å². The minimum Gasteiger partial charge on any atom is -0.459 e. The third-order valence-electron chi connectivity index (χ3n) is 4.80. The molecule has 2 aromatic rings. The van der Waals surface area contributed by atoms with Gasteiger partial charge in [-0.2, -0.15) is 0 Å². The van der Waals surface area contributed by atoms with Crippen molar-refractivity contribution in [1.29, 1.82) is 0 Å². The molecule has 2 aromatic heterocycles. The van der Waals surface area contributed by atoms with Gasteiger partial charge in [-0.25, -0.2) is 9.97 Å². The van der Waals surface area contributed by atoms with E-state index in [1.165, 1.54) is 19.1 Å². The van der Waals surface area contributed by atoms with Gasteiger partial charge in [0.25, 0.3) is 5.91 Å². The van der Waals surface area contributed by atoms with E-state index in [2.05, 4.69) is 20.6 Å². The summed E-state index contributed by atoms with van der Waals surface area (Å²) in [5.74, 6) is 2.90. The van der Waals surface area contributed by atoms with Gasteiger partial charge in [0.15, 0.2) is 5.76 Å². The van der Waals surface area contributed by atoms with Crippen molar-refractivity contribution in [3.63, 3.8) is 0 Å². The minimum atomic E-state index is -0.0305. The first kappa shape index (κ1) is 15.9. The monoisotopic (exact) mass is 341 g/mol. The lowest BCUT2D eigenvalue weighted by Crippen LogP contribution is -2.42. The highest BCUT2D eigenvalue weighted by Gasteiger charge is 2.25.